The summed E-state index contributed by atoms with van der Waals surface area (Å²) < 4.78 is 0. The molecule has 0 aromatic rings. The van der Waals surface area contributed by atoms with Crippen LogP contribution in [0.15, 0.2) is 4.99 Å². The topological polar surface area (TPSA) is 41.6 Å². The number of rotatable bonds is 6. The molecule has 3 nitrogen and oxygen atoms in total. The van der Waals surface area contributed by atoms with E-state index in [1.165, 1.54) is 0 Å². The monoisotopic (exact) mass is 199 g/mol. The minimum atomic E-state index is 0.577. The van der Waals surface area contributed by atoms with Gasteiger partial charge in [-0.25, -0.2) is 0 Å². The maximum absolute atomic E-state index is 5.64. The fraction of sp³-hybridized carbons (Fsp3) is 0.909. The molecule has 0 amide bonds. The standard InChI is InChI=1S/C11H25N3/c1-6-11(12)13-7-8-14(9(2)3)10(4)5/h9-10H,6-8H2,1-5H3,(H2,12,13). The molecular formula is C11H25N3. The van der Waals surface area contributed by atoms with Crippen LogP contribution in [-0.4, -0.2) is 35.9 Å². The summed E-state index contributed by atoms with van der Waals surface area (Å²) in [6.45, 7) is 12.7. The number of nitrogens with zero attached hydrogens (tertiary/aromatic N) is 2. The zero-order valence-electron chi connectivity index (χ0n) is 10.2. The molecule has 0 unspecified atom stereocenters. The molecule has 2 N–H and O–H groups in total. The highest BCUT2D eigenvalue weighted by atomic mass is 15.2. The SMILES string of the molecule is CCC(N)=NCCN(C(C)C)C(C)C. The van der Waals surface area contributed by atoms with Crippen molar-refractivity contribution in [2.75, 3.05) is 13.1 Å². The second kappa shape index (κ2) is 6.82. The molecule has 0 aliphatic rings. The van der Waals surface area contributed by atoms with Crippen LogP contribution in [0.5, 0.6) is 0 Å². The minimum Gasteiger partial charge on any atom is -0.387 e. The number of aliphatic imine (C=N–C) groups is 1. The molecule has 0 aromatic carbocycles. The first-order valence-electron chi connectivity index (χ1n) is 5.53. The lowest BCUT2D eigenvalue weighted by Crippen LogP contribution is -2.38. The van der Waals surface area contributed by atoms with E-state index in [4.69, 9.17) is 5.73 Å². The average Bonchev–Trinajstić information content (AvgIpc) is 2.10. The molecule has 0 aromatic heterocycles. The van der Waals surface area contributed by atoms with E-state index in [1.54, 1.807) is 0 Å². The van der Waals surface area contributed by atoms with E-state index in [1.807, 2.05) is 6.92 Å². The molecule has 0 heterocycles. The average molecular weight is 199 g/mol. The fourth-order valence-electron chi connectivity index (χ4n) is 1.53. The molecule has 3 heteroatoms. The van der Waals surface area contributed by atoms with Crippen molar-refractivity contribution in [1.29, 1.82) is 0 Å². The minimum absolute atomic E-state index is 0.577. The lowest BCUT2D eigenvalue weighted by atomic mass is 10.2. The van der Waals surface area contributed by atoms with E-state index in [0.29, 0.717) is 12.1 Å². The van der Waals surface area contributed by atoms with E-state index in [0.717, 1.165) is 25.3 Å². The van der Waals surface area contributed by atoms with Gasteiger partial charge in [0, 0.05) is 25.0 Å². The van der Waals surface area contributed by atoms with Gasteiger partial charge in [0.15, 0.2) is 0 Å². The lowest BCUT2D eigenvalue weighted by Gasteiger charge is -2.29. The Morgan fingerprint density at radius 3 is 2.07 bits per heavy atom. The van der Waals surface area contributed by atoms with Gasteiger partial charge in [-0.15, -0.1) is 0 Å². The summed E-state index contributed by atoms with van der Waals surface area (Å²) in [5, 5.41) is 0. The summed E-state index contributed by atoms with van der Waals surface area (Å²) in [5.74, 6) is 0.762. The predicted octanol–water partition coefficient (Wildman–Crippen LogP) is 1.87. The van der Waals surface area contributed by atoms with Gasteiger partial charge in [-0.2, -0.15) is 0 Å². The van der Waals surface area contributed by atoms with Crippen LogP contribution in [0.1, 0.15) is 41.0 Å². The number of nitrogens with two attached hydrogens (primary N) is 1. The molecule has 84 valence electrons. The van der Waals surface area contributed by atoms with E-state index in [9.17, 15) is 0 Å². The normalized spacial score (nSPS) is 13.3. The Hall–Kier alpha value is -0.570. The Morgan fingerprint density at radius 1 is 1.21 bits per heavy atom. The molecular weight excluding hydrogens is 174 g/mol. The Labute approximate surface area is 88.4 Å². The zero-order chi connectivity index (χ0) is 11.1. The Balaban J connectivity index is 3.95. The molecule has 14 heavy (non-hydrogen) atoms. The van der Waals surface area contributed by atoms with Crippen molar-refractivity contribution < 1.29 is 0 Å². The van der Waals surface area contributed by atoms with Crippen LogP contribution in [0.2, 0.25) is 0 Å². The molecule has 0 fully saturated rings. The summed E-state index contributed by atoms with van der Waals surface area (Å²) in [7, 11) is 0. The van der Waals surface area contributed by atoms with Gasteiger partial charge < -0.3 is 5.73 Å². The lowest BCUT2D eigenvalue weighted by molar-refractivity contribution is 0.181. The van der Waals surface area contributed by atoms with Gasteiger partial charge in [0.25, 0.3) is 0 Å². The fourth-order valence-corrected chi connectivity index (χ4v) is 1.53. The first-order chi connectivity index (χ1) is 6.49. The van der Waals surface area contributed by atoms with Crippen LogP contribution in [0.4, 0.5) is 0 Å². The summed E-state index contributed by atoms with van der Waals surface area (Å²) in [5.41, 5.74) is 5.64. The van der Waals surface area contributed by atoms with Crippen molar-refractivity contribution in [1.82, 2.24) is 4.90 Å². The molecule has 0 atom stereocenters. The van der Waals surface area contributed by atoms with Crippen molar-refractivity contribution in [2.24, 2.45) is 10.7 Å². The third-order valence-electron chi connectivity index (χ3n) is 2.36. The summed E-state index contributed by atoms with van der Waals surface area (Å²) in [4.78, 5) is 6.72. The third kappa shape index (κ3) is 5.22. The largest absolute Gasteiger partial charge is 0.387 e. The van der Waals surface area contributed by atoms with Crippen LogP contribution in [0, 0.1) is 0 Å². The molecule has 0 radical (unpaired) electrons. The molecule has 0 aliphatic carbocycles. The molecule has 0 aliphatic heterocycles. The second-order valence-corrected chi connectivity index (χ2v) is 4.15. The molecule has 0 rings (SSSR count). The highest BCUT2D eigenvalue weighted by Gasteiger charge is 2.11. The highest BCUT2D eigenvalue weighted by molar-refractivity contribution is 5.79. The van der Waals surface area contributed by atoms with E-state index in [-0.39, 0.29) is 0 Å². The van der Waals surface area contributed by atoms with Gasteiger partial charge in [0.05, 0.1) is 12.4 Å². The number of hydrogen-bond donors (Lipinski definition) is 1. The Kier molecular flexibility index (Phi) is 6.54. The van der Waals surface area contributed by atoms with E-state index >= 15 is 0 Å². The van der Waals surface area contributed by atoms with Crippen molar-refractivity contribution in [2.45, 2.75) is 53.1 Å². The van der Waals surface area contributed by atoms with Crippen LogP contribution in [0.25, 0.3) is 0 Å². The first-order valence-corrected chi connectivity index (χ1v) is 5.53. The quantitative estimate of drug-likeness (QED) is 0.524. The molecule has 0 spiro atoms. The molecule has 0 bridgehead atoms. The Bertz CT molecular complexity index is 165. The van der Waals surface area contributed by atoms with Crippen molar-refractivity contribution >= 4 is 5.84 Å². The maximum atomic E-state index is 5.64. The molecule has 0 saturated heterocycles. The van der Waals surface area contributed by atoms with Crippen molar-refractivity contribution in [3.05, 3.63) is 0 Å². The summed E-state index contributed by atoms with van der Waals surface area (Å²) in [6.07, 6.45) is 0.851. The van der Waals surface area contributed by atoms with Crippen molar-refractivity contribution in [3.63, 3.8) is 0 Å². The van der Waals surface area contributed by atoms with Crippen LogP contribution in [0.3, 0.4) is 0 Å². The first kappa shape index (κ1) is 13.4. The zero-order valence-corrected chi connectivity index (χ0v) is 10.2. The highest BCUT2D eigenvalue weighted by Crippen LogP contribution is 2.03. The molecule has 0 saturated carbocycles. The van der Waals surface area contributed by atoms with Gasteiger partial charge in [0.2, 0.25) is 0 Å². The van der Waals surface area contributed by atoms with Gasteiger partial charge >= 0.3 is 0 Å². The predicted molar refractivity (Wildman–Crippen MR) is 63.8 cm³/mol. The van der Waals surface area contributed by atoms with Crippen LogP contribution in [-0.2, 0) is 0 Å². The number of amidine groups is 1. The van der Waals surface area contributed by atoms with Gasteiger partial charge in [-0.1, -0.05) is 6.92 Å². The Morgan fingerprint density at radius 2 is 1.71 bits per heavy atom. The van der Waals surface area contributed by atoms with Gasteiger partial charge in [0.1, 0.15) is 0 Å². The summed E-state index contributed by atoms with van der Waals surface area (Å²) >= 11 is 0. The second-order valence-electron chi connectivity index (χ2n) is 4.15. The third-order valence-corrected chi connectivity index (χ3v) is 2.36. The maximum Gasteiger partial charge on any atom is 0.0934 e. The van der Waals surface area contributed by atoms with E-state index in [2.05, 4.69) is 37.6 Å². The van der Waals surface area contributed by atoms with Gasteiger partial charge in [-0.3, -0.25) is 9.89 Å². The summed E-state index contributed by atoms with van der Waals surface area (Å²) in [6, 6.07) is 1.15. The number of hydrogen-bond acceptors (Lipinski definition) is 2. The van der Waals surface area contributed by atoms with Crippen LogP contribution >= 0.6 is 0 Å². The van der Waals surface area contributed by atoms with Gasteiger partial charge in [-0.05, 0) is 27.7 Å². The van der Waals surface area contributed by atoms with Crippen LogP contribution < -0.4 is 5.73 Å². The van der Waals surface area contributed by atoms with E-state index < -0.39 is 0 Å². The van der Waals surface area contributed by atoms with Crippen molar-refractivity contribution in [3.8, 4) is 0 Å². The smallest absolute Gasteiger partial charge is 0.0934 e.